The van der Waals surface area contributed by atoms with Gasteiger partial charge in [0, 0.05) is 17.4 Å². The van der Waals surface area contributed by atoms with Crippen LogP contribution in [0.4, 0.5) is 18.9 Å². The largest absolute Gasteiger partial charge is 0.573 e. The third-order valence-electron chi connectivity index (χ3n) is 3.08. The monoisotopic (exact) mass is 336 g/mol. The van der Waals surface area contributed by atoms with Crippen LogP contribution < -0.4 is 10.1 Å². The number of anilines is 1. The molecule has 0 fully saturated rings. The number of halogens is 3. The second-order valence-corrected chi connectivity index (χ2v) is 4.97. The normalized spacial score (nSPS) is 11.5. The van der Waals surface area contributed by atoms with Crippen LogP contribution in [0.1, 0.15) is 16.2 Å². The molecule has 0 atom stereocenters. The number of aromatic nitrogens is 1. The molecule has 0 unspecified atom stereocenters. The van der Waals surface area contributed by atoms with Crippen LogP contribution in [0.2, 0.25) is 0 Å². The molecule has 2 heterocycles. The summed E-state index contributed by atoms with van der Waals surface area (Å²) in [7, 11) is 0. The first-order valence-electron chi connectivity index (χ1n) is 6.84. The summed E-state index contributed by atoms with van der Waals surface area (Å²) >= 11 is 0. The Morgan fingerprint density at radius 2 is 1.88 bits per heavy atom. The first kappa shape index (κ1) is 15.9. The molecule has 5 nitrogen and oxygen atoms in total. The highest BCUT2D eigenvalue weighted by Crippen LogP contribution is 2.24. The summed E-state index contributed by atoms with van der Waals surface area (Å²) in [5.74, 6) is -0.849. The van der Waals surface area contributed by atoms with Crippen molar-refractivity contribution in [3.63, 3.8) is 0 Å². The van der Waals surface area contributed by atoms with Crippen molar-refractivity contribution < 1.29 is 27.1 Å². The third-order valence-corrected chi connectivity index (χ3v) is 3.08. The highest BCUT2D eigenvalue weighted by Gasteiger charge is 2.31. The SMILES string of the molecule is Cc1ccc2oc(C(=O)Nc3ccc(OC(F)(F)F)cc3)cc2n1. The number of carbonyl (C=O) groups is 1. The fourth-order valence-electron chi connectivity index (χ4n) is 2.07. The van der Waals surface area contributed by atoms with E-state index in [9.17, 15) is 18.0 Å². The van der Waals surface area contributed by atoms with Gasteiger partial charge in [-0.25, -0.2) is 4.98 Å². The van der Waals surface area contributed by atoms with Gasteiger partial charge in [-0.3, -0.25) is 4.79 Å². The zero-order valence-corrected chi connectivity index (χ0v) is 12.3. The van der Waals surface area contributed by atoms with Crippen molar-refractivity contribution >= 4 is 22.7 Å². The molecule has 2 aromatic heterocycles. The van der Waals surface area contributed by atoms with E-state index >= 15 is 0 Å². The number of fused-ring (bicyclic) bond motifs is 1. The van der Waals surface area contributed by atoms with E-state index in [2.05, 4.69) is 15.0 Å². The lowest BCUT2D eigenvalue weighted by molar-refractivity contribution is -0.274. The molecule has 0 saturated carbocycles. The van der Waals surface area contributed by atoms with Crippen LogP contribution in [0.3, 0.4) is 0 Å². The first-order valence-corrected chi connectivity index (χ1v) is 6.84. The number of pyridine rings is 1. The quantitative estimate of drug-likeness (QED) is 0.775. The van der Waals surface area contributed by atoms with Gasteiger partial charge in [0.15, 0.2) is 11.3 Å². The molecule has 0 aliphatic rings. The smallest absolute Gasteiger partial charge is 0.449 e. The minimum atomic E-state index is -4.76. The molecule has 24 heavy (non-hydrogen) atoms. The molecular formula is C16H11F3N2O3. The number of nitrogens with zero attached hydrogens (tertiary/aromatic N) is 1. The average molecular weight is 336 g/mol. The topological polar surface area (TPSA) is 64.4 Å². The van der Waals surface area contributed by atoms with E-state index in [1.807, 2.05) is 6.92 Å². The van der Waals surface area contributed by atoms with Gasteiger partial charge < -0.3 is 14.5 Å². The van der Waals surface area contributed by atoms with E-state index in [4.69, 9.17) is 4.42 Å². The molecule has 1 N–H and O–H groups in total. The molecule has 8 heteroatoms. The number of furan rings is 1. The maximum absolute atomic E-state index is 12.1. The second kappa shape index (κ2) is 5.88. The Hall–Kier alpha value is -3.03. The number of hydrogen-bond donors (Lipinski definition) is 1. The van der Waals surface area contributed by atoms with Gasteiger partial charge in [-0.15, -0.1) is 13.2 Å². The average Bonchev–Trinajstić information content (AvgIpc) is 2.91. The van der Waals surface area contributed by atoms with Gasteiger partial charge in [-0.1, -0.05) is 0 Å². The number of amides is 1. The molecule has 124 valence electrons. The van der Waals surface area contributed by atoms with Crippen LogP contribution >= 0.6 is 0 Å². The van der Waals surface area contributed by atoms with Crippen LogP contribution in [0.5, 0.6) is 5.75 Å². The Bertz CT molecular complexity index is 886. The van der Waals surface area contributed by atoms with Crippen LogP contribution in [-0.2, 0) is 0 Å². The zero-order chi connectivity index (χ0) is 17.3. The minimum Gasteiger partial charge on any atom is -0.449 e. The second-order valence-electron chi connectivity index (χ2n) is 4.97. The highest BCUT2D eigenvalue weighted by molar-refractivity contribution is 6.04. The lowest BCUT2D eigenvalue weighted by atomic mass is 10.3. The summed E-state index contributed by atoms with van der Waals surface area (Å²) in [5, 5.41) is 2.53. The van der Waals surface area contributed by atoms with Crippen molar-refractivity contribution in [3.05, 3.63) is 53.9 Å². The number of alkyl halides is 3. The Balaban J connectivity index is 1.73. The molecule has 0 radical (unpaired) electrons. The van der Waals surface area contributed by atoms with E-state index in [0.717, 1.165) is 17.8 Å². The Morgan fingerprint density at radius 3 is 2.54 bits per heavy atom. The predicted molar refractivity (Wildman–Crippen MR) is 79.8 cm³/mol. The molecule has 0 aliphatic carbocycles. The molecule has 0 saturated heterocycles. The molecule has 0 aliphatic heterocycles. The molecule has 3 rings (SSSR count). The van der Waals surface area contributed by atoms with Crippen molar-refractivity contribution in [2.24, 2.45) is 0 Å². The van der Waals surface area contributed by atoms with Crippen molar-refractivity contribution in [2.45, 2.75) is 13.3 Å². The maximum Gasteiger partial charge on any atom is 0.573 e. The maximum atomic E-state index is 12.1. The molecule has 0 bridgehead atoms. The number of rotatable bonds is 3. The van der Waals surface area contributed by atoms with E-state index in [-0.39, 0.29) is 11.5 Å². The number of nitrogens with one attached hydrogen (secondary N) is 1. The molecule has 1 amide bonds. The fraction of sp³-hybridized carbons (Fsp3) is 0.125. The number of carbonyl (C=O) groups excluding carboxylic acids is 1. The van der Waals surface area contributed by atoms with Crippen molar-refractivity contribution in [3.8, 4) is 5.75 Å². The molecular weight excluding hydrogens is 325 g/mol. The van der Waals surface area contributed by atoms with Gasteiger partial charge in [0.05, 0.1) is 0 Å². The summed E-state index contributed by atoms with van der Waals surface area (Å²) in [6, 6.07) is 9.76. The van der Waals surface area contributed by atoms with Crippen molar-refractivity contribution in [2.75, 3.05) is 5.32 Å². The first-order chi connectivity index (χ1) is 11.3. The van der Waals surface area contributed by atoms with Crippen molar-refractivity contribution in [1.82, 2.24) is 4.98 Å². The van der Waals surface area contributed by atoms with Gasteiger partial charge in [0.25, 0.3) is 5.91 Å². The zero-order valence-electron chi connectivity index (χ0n) is 12.3. The number of hydrogen-bond acceptors (Lipinski definition) is 4. The lowest BCUT2D eigenvalue weighted by Gasteiger charge is -2.09. The van der Waals surface area contributed by atoms with Gasteiger partial charge in [-0.2, -0.15) is 0 Å². The van der Waals surface area contributed by atoms with Crippen LogP contribution in [0.15, 0.2) is 46.9 Å². The van der Waals surface area contributed by atoms with Gasteiger partial charge in [0.1, 0.15) is 11.3 Å². The molecule has 0 spiro atoms. The number of ether oxygens (including phenoxy) is 1. The van der Waals surface area contributed by atoms with Crippen molar-refractivity contribution in [1.29, 1.82) is 0 Å². The van der Waals surface area contributed by atoms with Gasteiger partial charge in [-0.05, 0) is 43.3 Å². The third kappa shape index (κ3) is 3.65. The van der Waals surface area contributed by atoms with E-state index in [0.29, 0.717) is 16.8 Å². The van der Waals surface area contributed by atoms with Crippen LogP contribution in [-0.4, -0.2) is 17.3 Å². The summed E-state index contributed by atoms with van der Waals surface area (Å²) in [6.07, 6.45) is -4.76. The summed E-state index contributed by atoms with van der Waals surface area (Å²) in [5.41, 5.74) is 2.11. The fourth-order valence-corrected chi connectivity index (χ4v) is 2.07. The number of benzene rings is 1. The Labute approximate surface area is 134 Å². The lowest BCUT2D eigenvalue weighted by Crippen LogP contribution is -2.17. The number of aryl methyl sites for hydroxylation is 1. The summed E-state index contributed by atoms with van der Waals surface area (Å²) in [4.78, 5) is 16.4. The van der Waals surface area contributed by atoms with Gasteiger partial charge in [0.2, 0.25) is 0 Å². The molecule has 1 aromatic carbocycles. The summed E-state index contributed by atoms with van der Waals surface area (Å²) < 4.78 is 45.4. The molecule has 3 aromatic rings. The van der Waals surface area contributed by atoms with E-state index < -0.39 is 12.3 Å². The summed E-state index contributed by atoms with van der Waals surface area (Å²) in [6.45, 7) is 1.82. The Kier molecular flexibility index (Phi) is 3.88. The minimum absolute atomic E-state index is 0.0544. The van der Waals surface area contributed by atoms with Crippen LogP contribution in [0.25, 0.3) is 11.1 Å². The van der Waals surface area contributed by atoms with E-state index in [1.54, 1.807) is 12.1 Å². The predicted octanol–water partition coefficient (Wildman–Crippen LogP) is 4.29. The van der Waals surface area contributed by atoms with Crippen LogP contribution in [0, 0.1) is 6.92 Å². The standard InChI is InChI=1S/C16H11F3N2O3/c1-9-2-7-13-12(20-9)8-14(23-13)15(22)21-10-3-5-11(6-4-10)24-16(17,18)19/h2-8H,1H3,(H,21,22). The highest BCUT2D eigenvalue weighted by atomic mass is 19.4. The van der Waals surface area contributed by atoms with E-state index in [1.165, 1.54) is 18.2 Å². The van der Waals surface area contributed by atoms with Gasteiger partial charge >= 0.3 is 6.36 Å². The Morgan fingerprint density at radius 1 is 1.17 bits per heavy atom.